The second kappa shape index (κ2) is 4.97. The summed E-state index contributed by atoms with van der Waals surface area (Å²) in [6.07, 6.45) is 7.25. The first-order chi connectivity index (χ1) is 8.34. The highest BCUT2D eigenvalue weighted by Crippen LogP contribution is 2.30. The van der Waals surface area contributed by atoms with Crippen molar-refractivity contribution in [3.63, 3.8) is 0 Å². The zero-order valence-electron chi connectivity index (χ0n) is 10.7. The average molecular weight is 236 g/mol. The van der Waals surface area contributed by atoms with Crippen LogP contribution in [0.15, 0.2) is 0 Å². The van der Waals surface area contributed by atoms with E-state index in [0.717, 1.165) is 37.8 Å². The first kappa shape index (κ1) is 11.5. The molecule has 0 bridgehead atoms. The van der Waals surface area contributed by atoms with Crippen LogP contribution in [0, 0.1) is 17.8 Å². The third kappa shape index (κ3) is 2.35. The molecule has 1 aliphatic carbocycles. The number of carbonyl (C=O) groups is 1. The van der Waals surface area contributed by atoms with Gasteiger partial charge in [-0.1, -0.05) is 12.8 Å². The number of hydrogen-bond acceptors (Lipinski definition) is 2. The van der Waals surface area contributed by atoms with Crippen molar-refractivity contribution in [3.8, 4) is 0 Å². The van der Waals surface area contributed by atoms with Gasteiger partial charge in [-0.25, -0.2) is 0 Å². The lowest BCUT2D eigenvalue weighted by atomic mass is 9.92. The Morgan fingerprint density at radius 1 is 0.941 bits per heavy atom. The third-order valence-corrected chi connectivity index (χ3v) is 5.04. The van der Waals surface area contributed by atoms with Gasteiger partial charge in [0.15, 0.2) is 0 Å². The van der Waals surface area contributed by atoms with Gasteiger partial charge in [0.25, 0.3) is 0 Å². The SMILES string of the molecule is O=C(C1CCCC1)N1CC[C@@H]2CNC[C@@H]2CC1. The molecule has 1 saturated carbocycles. The molecule has 2 atom stereocenters. The summed E-state index contributed by atoms with van der Waals surface area (Å²) in [6.45, 7) is 4.38. The van der Waals surface area contributed by atoms with Crippen LogP contribution in [-0.2, 0) is 4.79 Å². The van der Waals surface area contributed by atoms with Crippen molar-refractivity contribution >= 4 is 5.91 Å². The third-order valence-electron chi connectivity index (χ3n) is 5.04. The number of rotatable bonds is 1. The summed E-state index contributed by atoms with van der Waals surface area (Å²) in [6, 6.07) is 0. The summed E-state index contributed by atoms with van der Waals surface area (Å²) in [5.74, 6) is 2.49. The summed E-state index contributed by atoms with van der Waals surface area (Å²) in [5, 5.41) is 3.49. The molecule has 0 aromatic carbocycles. The minimum Gasteiger partial charge on any atom is -0.342 e. The second-order valence-electron chi connectivity index (χ2n) is 6.06. The molecule has 2 aliphatic heterocycles. The van der Waals surface area contributed by atoms with Gasteiger partial charge >= 0.3 is 0 Å². The van der Waals surface area contributed by atoms with E-state index in [0.29, 0.717) is 11.8 Å². The van der Waals surface area contributed by atoms with Gasteiger partial charge in [-0.05, 0) is 50.6 Å². The molecule has 1 N–H and O–H groups in total. The van der Waals surface area contributed by atoms with Crippen LogP contribution in [-0.4, -0.2) is 37.0 Å². The molecule has 2 heterocycles. The first-order valence-corrected chi connectivity index (χ1v) is 7.34. The Morgan fingerprint density at radius 3 is 2.12 bits per heavy atom. The summed E-state index contributed by atoms with van der Waals surface area (Å²) in [7, 11) is 0. The Kier molecular flexibility index (Phi) is 3.37. The van der Waals surface area contributed by atoms with Crippen LogP contribution in [0.4, 0.5) is 0 Å². The number of fused-ring (bicyclic) bond motifs is 1. The van der Waals surface area contributed by atoms with Crippen LogP contribution in [0.3, 0.4) is 0 Å². The van der Waals surface area contributed by atoms with E-state index in [4.69, 9.17) is 0 Å². The molecule has 2 saturated heterocycles. The predicted octanol–water partition coefficient (Wildman–Crippen LogP) is 1.63. The fourth-order valence-electron chi connectivity index (χ4n) is 3.87. The molecule has 3 fully saturated rings. The van der Waals surface area contributed by atoms with Crippen LogP contribution in [0.1, 0.15) is 38.5 Å². The first-order valence-electron chi connectivity index (χ1n) is 7.34. The molecule has 0 unspecified atom stereocenters. The molecule has 0 radical (unpaired) electrons. The van der Waals surface area contributed by atoms with Crippen molar-refractivity contribution < 1.29 is 4.79 Å². The molecule has 0 aromatic rings. The van der Waals surface area contributed by atoms with Crippen LogP contribution >= 0.6 is 0 Å². The van der Waals surface area contributed by atoms with Gasteiger partial charge < -0.3 is 10.2 Å². The summed E-state index contributed by atoms with van der Waals surface area (Å²) < 4.78 is 0. The van der Waals surface area contributed by atoms with Gasteiger partial charge in [-0.2, -0.15) is 0 Å². The average Bonchev–Trinajstić information content (AvgIpc) is 2.97. The summed E-state index contributed by atoms with van der Waals surface area (Å²) in [4.78, 5) is 14.6. The largest absolute Gasteiger partial charge is 0.342 e. The van der Waals surface area contributed by atoms with Gasteiger partial charge in [-0.15, -0.1) is 0 Å². The molecule has 0 spiro atoms. The predicted molar refractivity (Wildman–Crippen MR) is 67.6 cm³/mol. The number of amides is 1. The Morgan fingerprint density at radius 2 is 1.53 bits per heavy atom. The van der Waals surface area contributed by atoms with E-state index in [1.807, 2.05) is 0 Å². The van der Waals surface area contributed by atoms with Crippen molar-refractivity contribution in [3.05, 3.63) is 0 Å². The van der Waals surface area contributed by atoms with E-state index in [-0.39, 0.29) is 0 Å². The zero-order chi connectivity index (χ0) is 11.7. The minimum absolute atomic E-state index is 0.367. The van der Waals surface area contributed by atoms with E-state index in [1.165, 1.54) is 38.8 Å². The maximum Gasteiger partial charge on any atom is 0.225 e. The van der Waals surface area contributed by atoms with E-state index in [2.05, 4.69) is 10.2 Å². The van der Waals surface area contributed by atoms with Crippen molar-refractivity contribution in [2.75, 3.05) is 26.2 Å². The second-order valence-corrected chi connectivity index (χ2v) is 6.06. The maximum atomic E-state index is 12.4. The van der Waals surface area contributed by atoms with E-state index < -0.39 is 0 Å². The van der Waals surface area contributed by atoms with E-state index >= 15 is 0 Å². The normalized spacial score (nSPS) is 34.7. The zero-order valence-corrected chi connectivity index (χ0v) is 10.7. The Balaban J connectivity index is 1.59. The standard InChI is InChI=1S/C14H24N2O/c17-14(11-3-1-2-4-11)16-7-5-12-9-15-10-13(12)6-8-16/h11-13,15H,1-10H2/t12-,13+. The van der Waals surface area contributed by atoms with Crippen molar-refractivity contribution in [2.24, 2.45) is 17.8 Å². The maximum absolute atomic E-state index is 12.4. The summed E-state index contributed by atoms with van der Waals surface area (Å²) in [5.41, 5.74) is 0. The lowest BCUT2D eigenvalue weighted by Crippen LogP contribution is -2.36. The number of carbonyl (C=O) groups excluding carboxylic acids is 1. The van der Waals surface area contributed by atoms with Gasteiger partial charge in [0.05, 0.1) is 0 Å². The Bertz CT molecular complexity index is 272. The van der Waals surface area contributed by atoms with Crippen LogP contribution in [0.5, 0.6) is 0 Å². The minimum atomic E-state index is 0.367. The van der Waals surface area contributed by atoms with E-state index in [1.54, 1.807) is 0 Å². The Labute approximate surface area is 104 Å². The van der Waals surface area contributed by atoms with Crippen LogP contribution in [0.25, 0.3) is 0 Å². The molecule has 1 amide bonds. The van der Waals surface area contributed by atoms with Crippen molar-refractivity contribution in [2.45, 2.75) is 38.5 Å². The number of hydrogen-bond donors (Lipinski definition) is 1. The summed E-state index contributed by atoms with van der Waals surface area (Å²) >= 11 is 0. The topological polar surface area (TPSA) is 32.3 Å². The van der Waals surface area contributed by atoms with Gasteiger partial charge in [0, 0.05) is 19.0 Å². The lowest BCUT2D eigenvalue weighted by molar-refractivity contribution is -0.135. The highest BCUT2D eigenvalue weighted by atomic mass is 16.2. The molecule has 96 valence electrons. The molecule has 3 heteroatoms. The Hall–Kier alpha value is -0.570. The van der Waals surface area contributed by atoms with Gasteiger partial charge in [-0.3, -0.25) is 4.79 Å². The number of likely N-dealkylation sites (tertiary alicyclic amines) is 1. The smallest absolute Gasteiger partial charge is 0.225 e. The molecule has 0 aromatic heterocycles. The molecular weight excluding hydrogens is 212 g/mol. The number of nitrogens with one attached hydrogen (secondary N) is 1. The molecule has 3 nitrogen and oxygen atoms in total. The van der Waals surface area contributed by atoms with Gasteiger partial charge in [0.1, 0.15) is 0 Å². The monoisotopic (exact) mass is 236 g/mol. The fourth-order valence-corrected chi connectivity index (χ4v) is 3.87. The molecule has 17 heavy (non-hydrogen) atoms. The molecular formula is C14H24N2O. The lowest BCUT2D eigenvalue weighted by Gasteiger charge is -2.24. The highest BCUT2D eigenvalue weighted by Gasteiger charge is 2.33. The van der Waals surface area contributed by atoms with Crippen molar-refractivity contribution in [1.29, 1.82) is 0 Å². The van der Waals surface area contributed by atoms with Crippen LogP contribution < -0.4 is 5.32 Å². The van der Waals surface area contributed by atoms with Crippen molar-refractivity contribution in [1.82, 2.24) is 10.2 Å². The number of nitrogens with zero attached hydrogens (tertiary/aromatic N) is 1. The fraction of sp³-hybridized carbons (Fsp3) is 0.929. The van der Waals surface area contributed by atoms with Gasteiger partial charge in [0.2, 0.25) is 5.91 Å². The van der Waals surface area contributed by atoms with E-state index in [9.17, 15) is 4.79 Å². The highest BCUT2D eigenvalue weighted by molar-refractivity contribution is 5.79. The molecule has 3 rings (SSSR count). The quantitative estimate of drug-likeness (QED) is 0.750. The van der Waals surface area contributed by atoms with Crippen LogP contribution in [0.2, 0.25) is 0 Å². The molecule has 3 aliphatic rings.